The Morgan fingerprint density at radius 2 is 1.86 bits per heavy atom. The Morgan fingerprint density at radius 3 is 1.86 bits per heavy atom. The number of nitrogens with zero attached hydrogens (tertiary/aromatic N) is 2. The van der Waals surface area contributed by atoms with Crippen molar-refractivity contribution in [3.05, 3.63) is 28.7 Å². The molecule has 0 aliphatic carbocycles. The first kappa shape index (κ1) is 5.43. The van der Waals surface area contributed by atoms with Crippen LogP contribution in [0.4, 0.5) is 0 Å². The fraction of sp³-hybridized carbons (Fsp3) is 0. The van der Waals surface area contributed by atoms with Crippen LogP contribution in [0.1, 0.15) is 0 Å². The minimum absolute atomic E-state index is 0.319. The van der Waals surface area contributed by atoms with Crippen molar-refractivity contribution in [2.45, 2.75) is 0 Å². The fourth-order valence-corrected chi connectivity index (χ4v) is 0.0809. The average molecular weight is 91.1 g/mol. The van der Waals surface area contributed by atoms with E-state index >= 15 is 0 Å². The van der Waals surface area contributed by atoms with Gasteiger partial charge >= 0.3 is 5.82 Å². The van der Waals surface area contributed by atoms with Gasteiger partial charge in [0.1, 0.15) is 13.1 Å². The topological polar surface area (TPSA) is 32.6 Å². The summed E-state index contributed by atoms with van der Waals surface area (Å²) >= 11 is 0. The maximum Gasteiger partial charge on any atom is 0.584 e. The van der Waals surface area contributed by atoms with Gasteiger partial charge < -0.3 is 0 Å². The summed E-state index contributed by atoms with van der Waals surface area (Å²) in [5.74, 6) is 1.34. The molecule has 3 nitrogen and oxygen atoms in total. The van der Waals surface area contributed by atoms with Gasteiger partial charge in [-0.05, 0) is 0 Å². The summed E-state index contributed by atoms with van der Waals surface area (Å²) in [6, 6.07) is 0. The molecule has 0 aliphatic rings. The third-order valence-electron chi connectivity index (χ3n) is 0.324. The summed E-state index contributed by atoms with van der Waals surface area (Å²) < 4.78 is 0. The molecule has 0 amide bonds. The summed E-state index contributed by atoms with van der Waals surface area (Å²) in [4.78, 5) is 5.28. The van der Waals surface area contributed by atoms with Crippen LogP contribution < -0.4 is 0 Å². The molecule has 0 aliphatic heterocycles. The lowest BCUT2D eigenvalue weighted by molar-refractivity contribution is 1.57. The third kappa shape index (κ3) is 1.33. The molecule has 7 heavy (non-hydrogen) atoms. The van der Waals surface area contributed by atoms with E-state index in [1.54, 1.807) is 5.87 Å². The van der Waals surface area contributed by atoms with Crippen LogP contribution in [0.5, 0.6) is 0 Å². The zero-order chi connectivity index (χ0) is 5.70. The van der Waals surface area contributed by atoms with E-state index in [9.17, 15) is 0 Å². The van der Waals surface area contributed by atoms with Crippen LogP contribution >= 0.6 is 0 Å². The van der Waals surface area contributed by atoms with Crippen molar-refractivity contribution in [1.29, 1.82) is 5.41 Å². The minimum atomic E-state index is -0.319. The second-order valence-corrected chi connectivity index (χ2v) is 0.672. The highest BCUT2D eigenvalue weighted by atomic mass is 14.9. The van der Waals surface area contributed by atoms with E-state index in [2.05, 4.69) is 9.69 Å². The minimum Gasteiger partial charge on any atom is -0.264 e. The van der Waals surface area contributed by atoms with Gasteiger partial charge in [-0.1, -0.05) is 0 Å². The summed E-state index contributed by atoms with van der Waals surface area (Å²) in [6.45, 7) is 12.3. The van der Waals surface area contributed by atoms with E-state index in [1.807, 2.05) is 0 Å². The average Bonchev–Trinajstić information content (AvgIpc) is 1.72. The van der Waals surface area contributed by atoms with Gasteiger partial charge in [0.15, 0.2) is 0 Å². The molecule has 0 rings (SSSR count). The van der Waals surface area contributed by atoms with Gasteiger partial charge in [-0.3, -0.25) is 5.41 Å². The smallest absolute Gasteiger partial charge is 0.264 e. The molecule has 0 atom stereocenters. The monoisotopic (exact) mass is 91.0 g/mol. The number of rotatable bonds is 0. The highest BCUT2D eigenvalue weighted by Gasteiger charge is 1.94. The zero-order valence-electron chi connectivity index (χ0n) is 3.39. The van der Waals surface area contributed by atoms with Crippen LogP contribution in [0, 0.1) is 18.6 Å². The molecule has 0 saturated carbocycles. The zero-order valence-corrected chi connectivity index (χ0v) is 3.39. The van der Waals surface area contributed by atoms with Gasteiger partial charge in [0.2, 0.25) is 0 Å². The highest BCUT2D eigenvalue weighted by Crippen LogP contribution is 1.87. The quantitative estimate of drug-likeness (QED) is 0.339. The molecule has 3 heteroatoms. The predicted molar refractivity (Wildman–Crippen MR) is 24.4 cm³/mol. The van der Waals surface area contributed by atoms with Crippen LogP contribution in [-0.4, -0.2) is 5.87 Å². The molecule has 0 bridgehead atoms. The van der Waals surface area contributed by atoms with Crippen molar-refractivity contribution in [1.82, 2.24) is 0 Å². The lowest BCUT2D eigenvalue weighted by Gasteiger charge is -1.53. The Balaban J connectivity index is 4.35. The third-order valence-corrected chi connectivity index (χ3v) is 0.324. The normalized spacial score (nSPS) is 4.86. The van der Waals surface area contributed by atoms with E-state index in [0.717, 1.165) is 0 Å². The number of nitrogens with one attached hydrogen (secondary N) is 1. The largest absolute Gasteiger partial charge is 0.584 e. The van der Waals surface area contributed by atoms with E-state index < -0.39 is 0 Å². The van der Waals surface area contributed by atoms with Crippen LogP contribution in [-0.2, 0) is 0 Å². The Morgan fingerprint density at radius 1 is 1.43 bits per heavy atom. The van der Waals surface area contributed by atoms with Crippen LogP contribution in [0.25, 0.3) is 9.69 Å². The summed E-state index contributed by atoms with van der Waals surface area (Å²) in [5, 5.41) is 6.25. The van der Waals surface area contributed by atoms with E-state index in [4.69, 9.17) is 18.6 Å². The van der Waals surface area contributed by atoms with Crippen LogP contribution in [0.15, 0.2) is 5.82 Å². The maximum absolute atomic E-state index is 6.25. The summed E-state index contributed by atoms with van der Waals surface area (Å²) in [7, 11) is 0. The molecule has 0 aromatic carbocycles. The van der Waals surface area contributed by atoms with Crippen molar-refractivity contribution in [3.8, 4) is 0 Å². The molecule has 0 heterocycles. The van der Waals surface area contributed by atoms with E-state index in [-0.39, 0.29) is 5.82 Å². The number of hydrogen-bond acceptors (Lipinski definition) is 1. The molecule has 0 spiro atoms. The lowest BCUT2D eigenvalue weighted by Crippen LogP contribution is -1.56. The van der Waals surface area contributed by atoms with Gasteiger partial charge in [0.05, 0.1) is 5.87 Å². The van der Waals surface area contributed by atoms with Crippen molar-refractivity contribution < 1.29 is 0 Å². The van der Waals surface area contributed by atoms with Crippen molar-refractivity contribution in [2.24, 2.45) is 0 Å². The first-order valence-corrected chi connectivity index (χ1v) is 1.39. The molecule has 0 unspecified atom stereocenters. The van der Waals surface area contributed by atoms with Gasteiger partial charge in [-0.25, -0.2) is 0 Å². The van der Waals surface area contributed by atoms with E-state index in [0.29, 0.717) is 0 Å². The highest BCUT2D eigenvalue weighted by molar-refractivity contribution is 5.59. The standard InChI is InChI=1S/C4HN3/c1-6-4(3-5)7-2/h5H. The molecule has 0 aromatic heterocycles. The van der Waals surface area contributed by atoms with Crippen LogP contribution in [0.2, 0.25) is 0 Å². The summed E-state index contributed by atoms with van der Waals surface area (Å²) in [5.41, 5.74) is 0. The van der Waals surface area contributed by atoms with Crippen molar-refractivity contribution >= 4 is 5.87 Å². The summed E-state index contributed by atoms with van der Waals surface area (Å²) in [6.07, 6.45) is 0. The Kier molecular flexibility index (Phi) is 2.06. The van der Waals surface area contributed by atoms with Crippen molar-refractivity contribution in [2.75, 3.05) is 0 Å². The Labute approximate surface area is 41.0 Å². The SMILES string of the molecule is [C-]#[N+]C(=C=N)[N+]#[C-]. The Bertz CT molecular complexity index is 168. The van der Waals surface area contributed by atoms with Gasteiger partial charge in [-0.15, -0.1) is 9.69 Å². The molecule has 0 aromatic rings. The van der Waals surface area contributed by atoms with Gasteiger partial charge in [0, 0.05) is 0 Å². The fourth-order valence-electron chi connectivity index (χ4n) is 0.0809. The van der Waals surface area contributed by atoms with Gasteiger partial charge in [-0.2, -0.15) is 0 Å². The first-order chi connectivity index (χ1) is 3.35. The molecule has 0 saturated heterocycles. The van der Waals surface area contributed by atoms with Crippen molar-refractivity contribution in [3.63, 3.8) is 0 Å². The number of hydrogen-bond donors (Lipinski definition) is 1. The second kappa shape index (κ2) is 2.66. The molecule has 0 radical (unpaired) electrons. The molecule has 0 fully saturated rings. The van der Waals surface area contributed by atoms with Gasteiger partial charge in [0.25, 0.3) is 0 Å². The molecule has 1 N–H and O–H groups in total. The van der Waals surface area contributed by atoms with E-state index in [1.165, 1.54) is 0 Å². The molecular formula is C4HN3. The van der Waals surface area contributed by atoms with Crippen LogP contribution in [0.3, 0.4) is 0 Å². The first-order valence-electron chi connectivity index (χ1n) is 1.39. The second-order valence-electron chi connectivity index (χ2n) is 0.672. The Hall–Kier alpha value is -1.57. The molecular weight excluding hydrogens is 90.1 g/mol. The maximum atomic E-state index is 6.25. The lowest BCUT2D eigenvalue weighted by atomic mass is 10.8. The predicted octanol–water partition coefficient (Wildman–Crippen LogP) is 0.915. The molecule has 32 valence electrons.